The maximum Gasteiger partial charge on any atom is 0.266 e. The summed E-state index contributed by atoms with van der Waals surface area (Å²) in [4.78, 5) is 26.8. The number of benzene rings is 1. The third kappa shape index (κ3) is 4.52. The molecule has 2 rings (SSSR count). The lowest BCUT2D eigenvalue weighted by Crippen LogP contribution is -2.30. The summed E-state index contributed by atoms with van der Waals surface area (Å²) in [6, 6.07) is 5.53. The molecule has 3 N–H and O–H groups in total. The molecule has 22 heavy (non-hydrogen) atoms. The molecular weight excluding hydrogens is 309 g/mol. The Hall–Kier alpha value is -2.48. The van der Waals surface area contributed by atoms with Gasteiger partial charge in [0.1, 0.15) is 11.6 Å². The van der Waals surface area contributed by atoms with Crippen LogP contribution in [0.2, 0.25) is 0 Å². The van der Waals surface area contributed by atoms with Crippen LogP contribution in [0.3, 0.4) is 0 Å². The van der Waals surface area contributed by atoms with Crippen LogP contribution in [0.4, 0.5) is 9.52 Å². The molecule has 0 fully saturated rings. The Balaban J connectivity index is 1.93. The van der Waals surface area contributed by atoms with Gasteiger partial charge in [-0.1, -0.05) is 6.07 Å². The Morgan fingerprint density at radius 1 is 1.50 bits per heavy atom. The molecule has 0 spiro atoms. The highest BCUT2D eigenvalue weighted by Crippen LogP contribution is 2.18. The fourth-order valence-electron chi connectivity index (χ4n) is 1.63. The molecule has 0 radical (unpaired) electrons. The Bertz CT molecular complexity index is 689. The van der Waals surface area contributed by atoms with E-state index in [1.165, 1.54) is 36.5 Å². The van der Waals surface area contributed by atoms with Crippen LogP contribution in [0.1, 0.15) is 12.6 Å². The summed E-state index contributed by atoms with van der Waals surface area (Å²) in [5.74, 6) is -1.10. The fraction of sp³-hybridized carbons (Fsp3) is 0.214. The van der Waals surface area contributed by atoms with Crippen LogP contribution in [0.5, 0.6) is 5.75 Å². The maximum absolute atomic E-state index is 13.0. The number of primary amides is 1. The average Bonchev–Trinajstić information content (AvgIpc) is 2.85. The highest BCUT2D eigenvalue weighted by molar-refractivity contribution is 7.13. The maximum atomic E-state index is 13.0. The number of nitrogens with zero attached hydrogens (tertiary/aromatic N) is 1. The number of hydrogen-bond acceptors (Lipinski definition) is 5. The van der Waals surface area contributed by atoms with E-state index in [4.69, 9.17) is 10.5 Å². The molecule has 1 heterocycles. The minimum atomic E-state index is -0.828. The van der Waals surface area contributed by atoms with Gasteiger partial charge in [0.25, 0.3) is 5.91 Å². The molecule has 2 amide bonds. The number of ether oxygens (including phenoxy) is 1. The first kappa shape index (κ1) is 15.9. The van der Waals surface area contributed by atoms with Gasteiger partial charge in [0.05, 0.1) is 12.1 Å². The third-order valence-electron chi connectivity index (χ3n) is 2.62. The zero-order valence-corrected chi connectivity index (χ0v) is 12.5. The van der Waals surface area contributed by atoms with Crippen molar-refractivity contribution in [1.29, 1.82) is 0 Å². The standard InChI is InChI=1S/C14H14FN3O3S/c1-8(21-11-4-2-3-9(15)5-11)13(20)18-14-17-10(7-22-14)6-12(16)19/h2-5,7-8H,6H2,1H3,(H2,16,19)(H,17,18,20)/t8-/m1/s1. The first-order chi connectivity index (χ1) is 10.4. The molecule has 1 atom stereocenters. The van der Waals surface area contributed by atoms with E-state index in [2.05, 4.69) is 10.3 Å². The molecule has 0 bridgehead atoms. The van der Waals surface area contributed by atoms with Gasteiger partial charge >= 0.3 is 0 Å². The molecule has 2 aromatic rings. The van der Waals surface area contributed by atoms with Crippen molar-refractivity contribution in [2.24, 2.45) is 5.73 Å². The van der Waals surface area contributed by atoms with Crippen LogP contribution >= 0.6 is 11.3 Å². The molecule has 0 saturated carbocycles. The van der Waals surface area contributed by atoms with Gasteiger partial charge in [-0.15, -0.1) is 11.3 Å². The van der Waals surface area contributed by atoms with Gasteiger partial charge in [0, 0.05) is 11.4 Å². The quantitative estimate of drug-likeness (QED) is 0.846. The number of nitrogens with one attached hydrogen (secondary N) is 1. The number of carbonyl (C=O) groups excluding carboxylic acids is 2. The van der Waals surface area contributed by atoms with Crippen LogP contribution in [0, 0.1) is 5.82 Å². The van der Waals surface area contributed by atoms with Crippen LogP contribution in [-0.4, -0.2) is 22.9 Å². The molecule has 116 valence electrons. The topological polar surface area (TPSA) is 94.3 Å². The number of anilines is 1. The Morgan fingerprint density at radius 3 is 2.95 bits per heavy atom. The number of nitrogens with two attached hydrogens (primary N) is 1. The Labute approximate surface area is 130 Å². The summed E-state index contributed by atoms with van der Waals surface area (Å²) in [5, 5.41) is 4.55. The SMILES string of the molecule is C[C@@H](Oc1cccc(F)c1)C(=O)Nc1nc(CC(N)=O)cs1. The minimum Gasteiger partial charge on any atom is -0.481 e. The summed E-state index contributed by atoms with van der Waals surface area (Å²) in [6.07, 6.45) is -0.813. The molecule has 0 aliphatic heterocycles. The molecular formula is C14H14FN3O3S. The van der Waals surface area contributed by atoms with Crippen LogP contribution < -0.4 is 15.8 Å². The minimum absolute atomic E-state index is 0.0156. The van der Waals surface area contributed by atoms with Gasteiger partial charge in [-0.3, -0.25) is 14.9 Å². The summed E-state index contributed by atoms with van der Waals surface area (Å²) in [7, 11) is 0. The van der Waals surface area contributed by atoms with Gasteiger partial charge in [-0.05, 0) is 19.1 Å². The molecule has 8 heteroatoms. The van der Waals surface area contributed by atoms with Crippen LogP contribution in [0.15, 0.2) is 29.6 Å². The molecule has 0 aliphatic carbocycles. The second-order valence-corrected chi connectivity index (χ2v) is 5.35. The highest BCUT2D eigenvalue weighted by atomic mass is 32.1. The second kappa shape index (κ2) is 6.99. The Morgan fingerprint density at radius 2 is 2.27 bits per heavy atom. The number of hydrogen-bond donors (Lipinski definition) is 2. The summed E-state index contributed by atoms with van der Waals surface area (Å²) in [6.45, 7) is 1.54. The van der Waals surface area contributed by atoms with Crippen LogP contribution in [0.25, 0.3) is 0 Å². The highest BCUT2D eigenvalue weighted by Gasteiger charge is 2.17. The average molecular weight is 323 g/mol. The van der Waals surface area contributed by atoms with Crippen molar-refractivity contribution in [3.8, 4) is 5.75 Å². The summed E-state index contributed by atoms with van der Waals surface area (Å²) in [5.41, 5.74) is 5.56. The molecule has 0 aliphatic rings. The molecule has 1 aromatic heterocycles. The van der Waals surface area contributed by atoms with Crippen LogP contribution in [-0.2, 0) is 16.0 Å². The van der Waals surface area contributed by atoms with E-state index >= 15 is 0 Å². The normalized spacial score (nSPS) is 11.7. The van der Waals surface area contributed by atoms with E-state index in [9.17, 15) is 14.0 Å². The number of aromatic nitrogens is 1. The number of carbonyl (C=O) groups is 2. The molecule has 1 aromatic carbocycles. The number of rotatable bonds is 6. The van der Waals surface area contributed by atoms with E-state index in [1.54, 1.807) is 11.4 Å². The number of thiazole rings is 1. The van der Waals surface area contributed by atoms with Gasteiger partial charge in [-0.25, -0.2) is 9.37 Å². The molecule has 0 unspecified atom stereocenters. The van der Waals surface area contributed by atoms with E-state index < -0.39 is 23.7 Å². The van der Waals surface area contributed by atoms with E-state index in [-0.39, 0.29) is 12.2 Å². The fourth-order valence-corrected chi connectivity index (χ4v) is 2.34. The molecule has 6 nitrogen and oxygen atoms in total. The largest absolute Gasteiger partial charge is 0.481 e. The zero-order chi connectivity index (χ0) is 16.1. The first-order valence-electron chi connectivity index (χ1n) is 6.40. The lowest BCUT2D eigenvalue weighted by Gasteiger charge is -2.13. The number of amides is 2. The number of halogens is 1. The van der Waals surface area contributed by atoms with Gasteiger partial charge in [-0.2, -0.15) is 0 Å². The van der Waals surface area contributed by atoms with Crippen molar-refractivity contribution >= 4 is 28.3 Å². The van der Waals surface area contributed by atoms with Crippen molar-refractivity contribution in [1.82, 2.24) is 4.98 Å². The zero-order valence-electron chi connectivity index (χ0n) is 11.7. The first-order valence-corrected chi connectivity index (χ1v) is 7.28. The van der Waals surface area contributed by atoms with E-state index in [0.29, 0.717) is 10.8 Å². The monoisotopic (exact) mass is 323 g/mol. The lowest BCUT2D eigenvalue weighted by molar-refractivity contribution is -0.122. The lowest BCUT2D eigenvalue weighted by atomic mass is 10.3. The van der Waals surface area contributed by atoms with Crippen molar-refractivity contribution in [3.63, 3.8) is 0 Å². The smallest absolute Gasteiger partial charge is 0.266 e. The Kier molecular flexibility index (Phi) is 5.05. The van der Waals surface area contributed by atoms with Crippen molar-refractivity contribution < 1.29 is 18.7 Å². The van der Waals surface area contributed by atoms with E-state index in [1.807, 2.05) is 0 Å². The predicted molar refractivity (Wildman–Crippen MR) is 80.1 cm³/mol. The second-order valence-electron chi connectivity index (χ2n) is 4.49. The van der Waals surface area contributed by atoms with Crippen molar-refractivity contribution in [2.45, 2.75) is 19.4 Å². The van der Waals surface area contributed by atoms with Gasteiger partial charge in [0.15, 0.2) is 11.2 Å². The van der Waals surface area contributed by atoms with Gasteiger partial charge < -0.3 is 10.5 Å². The van der Waals surface area contributed by atoms with Gasteiger partial charge in [0.2, 0.25) is 5.91 Å². The van der Waals surface area contributed by atoms with Crippen molar-refractivity contribution in [2.75, 3.05) is 5.32 Å². The predicted octanol–water partition coefficient (Wildman–Crippen LogP) is 1.72. The van der Waals surface area contributed by atoms with Crippen molar-refractivity contribution in [3.05, 3.63) is 41.2 Å². The summed E-state index contributed by atoms with van der Waals surface area (Å²) < 4.78 is 18.4. The molecule has 0 saturated heterocycles. The van der Waals surface area contributed by atoms with E-state index in [0.717, 1.165) is 0 Å². The third-order valence-corrected chi connectivity index (χ3v) is 3.42. The summed E-state index contributed by atoms with van der Waals surface area (Å²) >= 11 is 1.18.